The Morgan fingerprint density at radius 2 is 2.00 bits per heavy atom. The third-order valence-corrected chi connectivity index (χ3v) is 5.02. The first-order valence-electron chi connectivity index (χ1n) is 10.0. The molecular formula is C21H26N6O3. The Morgan fingerprint density at radius 1 is 1.20 bits per heavy atom. The molecule has 30 heavy (non-hydrogen) atoms. The van der Waals surface area contributed by atoms with Crippen LogP contribution in [-0.4, -0.2) is 78.3 Å². The Hall–Kier alpha value is -3.01. The zero-order chi connectivity index (χ0) is 20.8. The van der Waals surface area contributed by atoms with Crippen molar-refractivity contribution in [2.45, 2.75) is 0 Å². The summed E-state index contributed by atoms with van der Waals surface area (Å²) in [5, 5.41) is 5.91. The Bertz CT molecular complexity index is 982. The van der Waals surface area contributed by atoms with E-state index in [0.29, 0.717) is 6.61 Å². The zero-order valence-electron chi connectivity index (χ0n) is 17.0. The summed E-state index contributed by atoms with van der Waals surface area (Å²) in [6, 6.07) is 7.66. The number of hydrogen-bond acceptors (Lipinski definition) is 7. The van der Waals surface area contributed by atoms with E-state index in [9.17, 15) is 4.79 Å². The maximum Gasteiger partial charge on any atom is 0.250 e. The third-order valence-electron chi connectivity index (χ3n) is 5.02. The molecule has 0 spiro atoms. The van der Waals surface area contributed by atoms with E-state index < -0.39 is 0 Å². The molecule has 0 unspecified atom stereocenters. The number of carbonyl (C=O) groups excluding carboxylic acids is 1. The van der Waals surface area contributed by atoms with Crippen molar-refractivity contribution < 1.29 is 14.3 Å². The number of morpholine rings is 1. The van der Waals surface area contributed by atoms with Crippen LogP contribution in [0.5, 0.6) is 0 Å². The topological polar surface area (TPSA) is 93.0 Å². The Labute approximate surface area is 175 Å². The minimum Gasteiger partial charge on any atom is -0.379 e. The summed E-state index contributed by atoms with van der Waals surface area (Å²) in [6.45, 7) is 4.75. The van der Waals surface area contributed by atoms with Gasteiger partial charge in [0.05, 0.1) is 31.7 Å². The van der Waals surface area contributed by atoms with Crippen LogP contribution in [0.4, 0.5) is 11.5 Å². The molecule has 2 N–H and O–H groups in total. The quantitative estimate of drug-likeness (QED) is 0.546. The standard InChI is InChI=1S/C21H26N6O3/c1-22-20-21-24-14-18(27(21)7-6-23-20)16-2-4-17(5-3-16)25-19(28)15-30-13-10-26-8-11-29-12-9-26/h2-7,14H,8-13,15H2,1H3,(H,22,23)(H,25,28). The number of nitrogens with zero attached hydrogens (tertiary/aromatic N) is 4. The van der Waals surface area contributed by atoms with Crippen LogP contribution in [0.1, 0.15) is 0 Å². The van der Waals surface area contributed by atoms with E-state index in [-0.39, 0.29) is 12.5 Å². The van der Waals surface area contributed by atoms with E-state index in [2.05, 4.69) is 25.5 Å². The Morgan fingerprint density at radius 3 is 2.77 bits per heavy atom. The number of benzene rings is 1. The molecule has 3 aromatic rings. The minimum atomic E-state index is -0.163. The summed E-state index contributed by atoms with van der Waals surface area (Å²) in [4.78, 5) is 23.1. The third kappa shape index (κ3) is 4.76. The maximum absolute atomic E-state index is 12.1. The molecule has 158 valence electrons. The second-order valence-corrected chi connectivity index (χ2v) is 7.00. The number of amides is 1. The molecule has 0 saturated carbocycles. The normalized spacial score (nSPS) is 14.7. The van der Waals surface area contributed by atoms with Crippen molar-refractivity contribution in [2.75, 3.05) is 63.7 Å². The van der Waals surface area contributed by atoms with Crippen molar-refractivity contribution in [1.29, 1.82) is 0 Å². The van der Waals surface area contributed by atoms with Crippen LogP contribution in [0.15, 0.2) is 42.9 Å². The molecule has 1 aliphatic rings. The molecule has 1 aliphatic heterocycles. The van der Waals surface area contributed by atoms with Gasteiger partial charge in [-0.3, -0.25) is 14.1 Å². The summed E-state index contributed by atoms with van der Waals surface area (Å²) in [7, 11) is 1.82. The number of fused-ring (bicyclic) bond motifs is 1. The highest BCUT2D eigenvalue weighted by Gasteiger charge is 2.11. The summed E-state index contributed by atoms with van der Waals surface area (Å²) >= 11 is 0. The lowest BCUT2D eigenvalue weighted by atomic mass is 10.1. The first-order chi connectivity index (χ1) is 14.7. The molecule has 2 aromatic heterocycles. The van der Waals surface area contributed by atoms with Crippen molar-refractivity contribution in [2.24, 2.45) is 0 Å². The van der Waals surface area contributed by atoms with E-state index >= 15 is 0 Å². The minimum absolute atomic E-state index is 0.0408. The van der Waals surface area contributed by atoms with Gasteiger partial charge in [0.15, 0.2) is 11.5 Å². The molecule has 0 radical (unpaired) electrons. The fourth-order valence-electron chi connectivity index (χ4n) is 3.41. The molecule has 9 heteroatoms. The Kier molecular flexibility index (Phi) is 6.53. The van der Waals surface area contributed by atoms with Gasteiger partial charge < -0.3 is 20.1 Å². The number of hydrogen-bond donors (Lipinski definition) is 2. The van der Waals surface area contributed by atoms with Crippen molar-refractivity contribution in [1.82, 2.24) is 19.3 Å². The lowest BCUT2D eigenvalue weighted by Gasteiger charge is -2.26. The van der Waals surface area contributed by atoms with E-state index in [0.717, 1.165) is 61.3 Å². The van der Waals surface area contributed by atoms with E-state index in [4.69, 9.17) is 9.47 Å². The average molecular weight is 410 g/mol. The number of ether oxygens (including phenoxy) is 2. The van der Waals surface area contributed by atoms with Gasteiger partial charge in [-0.1, -0.05) is 12.1 Å². The number of aromatic nitrogens is 3. The summed E-state index contributed by atoms with van der Waals surface area (Å²) in [5.74, 6) is 0.561. The van der Waals surface area contributed by atoms with E-state index in [1.807, 2.05) is 48.1 Å². The van der Waals surface area contributed by atoms with Crippen LogP contribution in [-0.2, 0) is 14.3 Å². The number of rotatable bonds is 8. The van der Waals surface area contributed by atoms with Gasteiger partial charge in [0.25, 0.3) is 0 Å². The lowest BCUT2D eigenvalue weighted by Crippen LogP contribution is -2.38. The second-order valence-electron chi connectivity index (χ2n) is 7.00. The van der Waals surface area contributed by atoms with Crippen LogP contribution in [0.25, 0.3) is 16.9 Å². The van der Waals surface area contributed by atoms with Gasteiger partial charge >= 0.3 is 0 Å². The molecule has 1 saturated heterocycles. The highest BCUT2D eigenvalue weighted by atomic mass is 16.5. The van der Waals surface area contributed by atoms with Crippen LogP contribution in [0, 0.1) is 0 Å². The summed E-state index contributed by atoms with van der Waals surface area (Å²) < 4.78 is 12.8. The van der Waals surface area contributed by atoms with Crippen molar-refractivity contribution in [3.63, 3.8) is 0 Å². The van der Waals surface area contributed by atoms with Gasteiger partial charge in [0.1, 0.15) is 6.61 Å². The van der Waals surface area contributed by atoms with Crippen molar-refractivity contribution >= 4 is 23.1 Å². The van der Waals surface area contributed by atoms with E-state index in [1.54, 1.807) is 6.20 Å². The molecule has 1 fully saturated rings. The molecule has 9 nitrogen and oxygen atoms in total. The van der Waals surface area contributed by atoms with Crippen LogP contribution in [0.3, 0.4) is 0 Å². The molecule has 0 atom stereocenters. The van der Waals surface area contributed by atoms with Crippen molar-refractivity contribution in [3.8, 4) is 11.3 Å². The maximum atomic E-state index is 12.1. The monoisotopic (exact) mass is 410 g/mol. The fourth-order valence-corrected chi connectivity index (χ4v) is 3.41. The first kappa shape index (κ1) is 20.3. The zero-order valence-corrected chi connectivity index (χ0v) is 17.0. The van der Waals surface area contributed by atoms with Gasteiger partial charge in [0, 0.05) is 50.3 Å². The fraction of sp³-hybridized carbons (Fsp3) is 0.381. The molecule has 1 amide bonds. The van der Waals surface area contributed by atoms with E-state index in [1.165, 1.54) is 0 Å². The van der Waals surface area contributed by atoms with Crippen LogP contribution >= 0.6 is 0 Å². The molecule has 1 aromatic carbocycles. The lowest BCUT2D eigenvalue weighted by molar-refractivity contribution is -0.120. The first-order valence-corrected chi connectivity index (χ1v) is 10.0. The predicted molar refractivity (Wildman–Crippen MR) is 115 cm³/mol. The highest BCUT2D eigenvalue weighted by molar-refractivity contribution is 5.92. The van der Waals surface area contributed by atoms with Gasteiger partial charge in [-0.05, 0) is 12.1 Å². The highest BCUT2D eigenvalue weighted by Crippen LogP contribution is 2.24. The largest absolute Gasteiger partial charge is 0.379 e. The summed E-state index contributed by atoms with van der Waals surface area (Å²) in [6.07, 6.45) is 5.42. The van der Waals surface area contributed by atoms with Gasteiger partial charge in [-0.2, -0.15) is 0 Å². The van der Waals surface area contributed by atoms with Gasteiger partial charge in [-0.15, -0.1) is 0 Å². The predicted octanol–water partition coefficient (Wildman–Crippen LogP) is 1.73. The van der Waals surface area contributed by atoms with Crippen LogP contribution in [0.2, 0.25) is 0 Å². The van der Waals surface area contributed by atoms with Crippen LogP contribution < -0.4 is 10.6 Å². The number of anilines is 2. The SMILES string of the molecule is CNc1nccn2c(-c3ccc(NC(=O)COCCN4CCOCC4)cc3)cnc12. The number of imidazole rings is 1. The number of carbonyl (C=O) groups is 1. The Balaban J connectivity index is 1.30. The second kappa shape index (κ2) is 9.66. The molecule has 4 rings (SSSR count). The van der Waals surface area contributed by atoms with Crippen molar-refractivity contribution in [3.05, 3.63) is 42.9 Å². The summed E-state index contributed by atoms with van der Waals surface area (Å²) in [5.41, 5.74) is 3.44. The molecule has 0 aliphatic carbocycles. The van der Waals surface area contributed by atoms with Gasteiger partial charge in [0.2, 0.25) is 5.91 Å². The smallest absolute Gasteiger partial charge is 0.250 e. The molecule has 3 heterocycles. The molecule has 0 bridgehead atoms. The number of nitrogens with one attached hydrogen (secondary N) is 2. The van der Waals surface area contributed by atoms with Gasteiger partial charge in [-0.25, -0.2) is 9.97 Å². The average Bonchev–Trinajstić information content (AvgIpc) is 3.22. The molecular weight excluding hydrogens is 384 g/mol.